The first-order chi connectivity index (χ1) is 14.5. The van der Waals surface area contributed by atoms with Gasteiger partial charge in [-0.3, -0.25) is 14.2 Å². The zero-order valence-corrected chi connectivity index (χ0v) is 16.0. The van der Waals surface area contributed by atoms with Crippen LogP contribution >= 0.6 is 0 Å². The number of hydrogen-bond donors (Lipinski definition) is 2. The molecule has 0 radical (unpaired) electrons. The predicted molar refractivity (Wildman–Crippen MR) is 111 cm³/mol. The van der Waals surface area contributed by atoms with Gasteiger partial charge in [0.2, 0.25) is 0 Å². The molecule has 2 heterocycles. The Morgan fingerprint density at radius 3 is 2.60 bits per heavy atom. The summed E-state index contributed by atoms with van der Waals surface area (Å²) < 4.78 is 14.9. The minimum atomic E-state index is -0.790. The molecule has 6 nitrogen and oxygen atoms in total. The zero-order chi connectivity index (χ0) is 21.3. The van der Waals surface area contributed by atoms with Crippen molar-refractivity contribution in [2.45, 2.75) is 13.0 Å². The Bertz CT molecular complexity index is 1300. The predicted octanol–water partition coefficient (Wildman–Crippen LogP) is 3.72. The average Bonchev–Trinajstić information content (AvgIpc) is 2.74. The molecule has 7 heteroatoms. The molecule has 0 aliphatic heterocycles. The van der Waals surface area contributed by atoms with Gasteiger partial charge >= 0.3 is 0 Å². The van der Waals surface area contributed by atoms with Gasteiger partial charge in [-0.15, -0.1) is 0 Å². The van der Waals surface area contributed by atoms with Gasteiger partial charge in [-0.25, -0.2) is 9.37 Å². The van der Waals surface area contributed by atoms with Crippen LogP contribution in [0.25, 0.3) is 16.7 Å². The fourth-order valence-electron chi connectivity index (χ4n) is 3.36. The van der Waals surface area contributed by atoms with E-state index in [1.165, 1.54) is 30.5 Å². The van der Waals surface area contributed by atoms with E-state index in [0.29, 0.717) is 0 Å². The first-order valence-electron chi connectivity index (χ1n) is 9.32. The first-order valence-corrected chi connectivity index (χ1v) is 9.32. The molecule has 4 aromatic rings. The third-order valence-electron chi connectivity index (χ3n) is 4.85. The molecule has 150 valence electrons. The molecule has 1 unspecified atom stereocenters. The average molecular weight is 403 g/mol. The summed E-state index contributed by atoms with van der Waals surface area (Å²) >= 11 is 0. The molecule has 2 N–H and O–H groups in total. The third-order valence-corrected chi connectivity index (χ3v) is 4.85. The molecule has 0 spiro atoms. The third kappa shape index (κ3) is 3.41. The van der Waals surface area contributed by atoms with Crippen molar-refractivity contribution in [1.29, 1.82) is 0 Å². The topological polar surface area (TPSA) is 84.2 Å². The van der Waals surface area contributed by atoms with Crippen LogP contribution in [-0.4, -0.2) is 20.6 Å². The van der Waals surface area contributed by atoms with Crippen molar-refractivity contribution < 1.29 is 14.3 Å². The molecule has 0 saturated heterocycles. The number of carbonyl (C=O) groups excluding carboxylic acids is 1. The largest absolute Gasteiger partial charge is 0.506 e. The van der Waals surface area contributed by atoms with Crippen LogP contribution < -0.4 is 10.9 Å². The van der Waals surface area contributed by atoms with E-state index in [9.17, 15) is 19.1 Å². The zero-order valence-electron chi connectivity index (χ0n) is 16.0. The number of aromatic hydroxyl groups is 1. The number of fused-ring (bicyclic) bond motifs is 1. The van der Waals surface area contributed by atoms with Gasteiger partial charge in [0, 0.05) is 6.20 Å². The lowest BCUT2D eigenvalue weighted by Gasteiger charge is -2.17. The molecule has 0 bridgehead atoms. The lowest BCUT2D eigenvalue weighted by Crippen LogP contribution is -2.34. The molecule has 0 saturated carbocycles. The Labute approximate surface area is 171 Å². The number of pyridine rings is 2. The van der Waals surface area contributed by atoms with E-state index in [0.717, 1.165) is 10.1 Å². The van der Waals surface area contributed by atoms with Crippen LogP contribution in [0, 0.1) is 5.82 Å². The Balaban J connectivity index is 1.88. The summed E-state index contributed by atoms with van der Waals surface area (Å²) in [4.78, 5) is 30.4. The Morgan fingerprint density at radius 2 is 1.87 bits per heavy atom. The Morgan fingerprint density at radius 1 is 1.10 bits per heavy atom. The van der Waals surface area contributed by atoms with E-state index < -0.39 is 34.6 Å². The Kier molecular flexibility index (Phi) is 5.02. The second-order valence-corrected chi connectivity index (χ2v) is 6.82. The van der Waals surface area contributed by atoms with Crippen LogP contribution in [-0.2, 0) is 0 Å². The fraction of sp³-hybridized carbons (Fsp3) is 0.0870. The molecule has 1 amide bonds. The molecule has 4 rings (SSSR count). The quantitative estimate of drug-likeness (QED) is 0.544. The number of carbonyl (C=O) groups is 1. The minimum Gasteiger partial charge on any atom is -0.506 e. The van der Waals surface area contributed by atoms with Gasteiger partial charge in [-0.1, -0.05) is 36.4 Å². The van der Waals surface area contributed by atoms with Crippen molar-refractivity contribution >= 4 is 16.9 Å². The van der Waals surface area contributed by atoms with E-state index in [1.807, 2.05) is 30.3 Å². The van der Waals surface area contributed by atoms with Crippen LogP contribution in [0.3, 0.4) is 0 Å². The van der Waals surface area contributed by atoms with E-state index in [4.69, 9.17) is 0 Å². The fourth-order valence-corrected chi connectivity index (χ4v) is 3.36. The number of rotatable bonds is 4. The highest BCUT2D eigenvalue weighted by molar-refractivity contribution is 6.02. The van der Waals surface area contributed by atoms with Crippen molar-refractivity contribution in [3.05, 3.63) is 100 Å². The highest BCUT2D eigenvalue weighted by atomic mass is 19.1. The number of halogens is 1. The molecule has 0 aliphatic carbocycles. The molecular formula is C23H18FN3O3. The maximum atomic E-state index is 13.8. The van der Waals surface area contributed by atoms with Crippen molar-refractivity contribution in [2.75, 3.05) is 0 Å². The van der Waals surface area contributed by atoms with Gasteiger partial charge < -0.3 is 10.4 Å². The molecule has 2 aromatic heterocycles. The number of aromatic nitrogens is 2. The summed E-state index contributed by atoms with van der Waals surface area (Å²) in [6, 6.07) is 17.4. The van der Waals surface area contributed by atoms with Crippen LogP contribution in [0.1, 0.15) is 28.9 Å². The monoisotopic (exact) mass is 403 g/mol. The number of benzene rings is 2. The summed E-state index contributed by atoms with van der Waals surface area (Å²) in [5.74, 6) is -1.74. The maximum Gasteiger partial charge on any atom is 0.273 e. The summed E-state index contributed by atoms with van der Waals surface area (Å²) in [7, 11) is 0. The highest BCUT2D eigenvalue weighted by Crippen LogP contribution is 2.27. The van der Waals surface area contributed by atoms with Gasteiger partial charge in [0.1, 0.15) is 17.1 Å². The van der Waals surface area contributed by atoms with Crippen LogP contribution in [0.15, 0.2) is 77.7 Å². The lowest BCUT2D eigenvalue weighted by atomic mass is 10.1. The summed E-state index contributed by atoms with van der Waals surface area (Å²) in [5.41, 5.74) is -0.0463. The van der Waals surface area contributed by atoms with Crippen molar-refractivity contribution in [2.24, 2.45) is 0 Å². The van der Waals surface area contributed by atoms with Gasteiger partial charge in [-0.2, -0.15) is 0 Å². The molecule has 30 heavy (non-hydrogen) atoms. The van der Waals surface area contributed by atoms with Gasteiger partial charge in [0.05, 0.1) is 17.1 Å². The number of nitrogens with one attached hydrogen (secondary N) is 1. The Hall–Kier alpha value is -4.00. The van der Waals surface area contributed by atoms with Crippen LogP contribution in [0.2, 0.25) is 0 Å². The highest BCUT2D eigenvalue weighted by Gasteiger charge is 2.24. The lowest BCUT2D eigenvalue weighted by molar-refractivity contribution is 0.0935. The molecule has 0 aliphatic rings. The molecular weight excluding hydrogens is 385 g/mol. The van der Waals surface area contributed by atoms with Crippen LogP contribution in [0.5, 0.6) is 5.75 Å². The summed E-state index contributed by atoms with van der Waals surface area (Å²) in [5, 5.41) is 13.7. The minimum absolute atomic E-state index is 0.123. The molecule has 1 atom stereocenters. The summed E-state index contributed by atoms with van der Waals surface area (Å²) in [6.45, 7) is 1.78. The molecule has 0 fully saturated rings. The SMILES string of the molecule is CC(NC(=O)c1c(O)c2cccnc2n(-c2cccc(F)c2)c1=O)c1ccccc1. The van der Waals surface area contributed by atoms with E-state index in [2.05, 4.69) is 10.3 Å². The van der Waals surface area contributed by atoms with Crippen molar-refractivity contribution in [1.82, 2.24) is 14.9 Å². The van der Waals surface area contributed by atoms with Crippen molar-refractivity contribution in [3.8, 4) is 11.4 Å². The van der Waals surface area contributed by atoms with Gasteiger partial charge in [0.25, 0.3) is 11.5 Å². The first kappa shape index (κ1) is 19.3. The van der Waals surface area contributed by atoms with E-state index in [-0.39, 0.29) is 16.7 Å². The number of nitrogens with zero attached hydrogens (tertiary/aromatic N) is 2. The van der Waals surface area contributed by atoms with Crippen LogP contribution in [0.4, 0.5) is 4.39 Å². The maximum absolute atomic E-state index is 13.8. The van der Waals surface area contributed by atoms with Gasteiger partial charge in [0.15, 0.2) is 5.65 Å². The van der Waals surface area contributed by atoms with E-state index >= 15 is 0 Å². The summed E-state index contributed by atoms with van der Waals surface area (Å²) in [6.07, 6.45) is 1.45. The second-order valence-electron chi connectivity index (χ2n) is 6.82. The van der Waals surface area contributed by atoms with E-state index in [1.54, 1.807) is 19.1 Å². The van der Waals surface area contributed by atoms with Gasteiger partial charge in [-0.05, 0) is 42.8 Å². The normalized spacial score (nSPS) is 11.9. The number of amides is 1. The number of hydrogen-bond acceptors (Lipinski definition) is 4. The second kappa shape index (κ2) is 7.79. The van der Waals surface area contributed by atoms with Crippen molar-refractivity contribution in [3.63, 3.8) is 0 Å². The standard InChI is InChI=1S/C23H18FN3O3/c1-14(15-7-3-2-4-8-15)26-22(29)19-20(28)18-11-6-12-25-21(18)27(23(19)30)17-10-5-9-16(24)13-17/h2-14,28H,1H3,(H,26,29). The smallest absolute Gasteiger partial charge is 0.273 e. The molecule has 2 aromatic carbocycles.